The lowest BCUT2D eigenvalue weighted by Crippen LogP contribution is -2.19. The maximum Gasteiger partial charge on any atom is 0.253 e. The SMILES string of the molecule is Cc1nn(C)c2[nH]c(=O)c(CCC(=O)Nc3ccc(N(C)C)nc3)c(C)c12. The van der Waals surface area contributed by atoms with Crippen LogP contribution in [0.25, 0.3) is 11.0 Å². The molecule has 8 nitrogen and oxygen atoms in total. The van der Waals surface area contributed by atoms with Crippen molar-refractivity contribution in [1.29, 1.82) is 0 Å². The Morgan fingerprint density at radius 2 is 2.04 bits per heavy atom. The summed E-state index contributed by atoms with van der Waals surface area (Å²) in [4.78, 5) is 33.8. The molecule has 0 saturated carbocycles. The Balaban J connectivity index is 1.73. The number of fused-ring (bicyclic) bond motifs is 1. The molecule has 0 bridgehead atoms. The molecule has 0 spiro atoms. The van der Waals surface area contributed by atoms with Gasteiger partial charge in [0.15, 0.2) is 0 Å². The molecule has 0 aliphatic carbocycles. The first-order valence-electron chi connectivity index (χ1n) is 8.76. The van der Waals surface area contributed by atoms with Crippen LogP contribution in [0, 0.1) is 13.8 Å². The second-order valence-electron chi connectivity index (χ2n) is 6.84. The molecule has 0 aromatic carbocycles. The Bertz CT molecular complexity index is 1050. The highest BCUT2D eigenvalue weighted by Crippen LogP contribution is 2.21. The highest BCUT2D eigenvalue weighted by atomic mass is 16.1. The van der Waals surface area contributed by atoms with Crippen LogP contribution in [-0.4, -0.2) is 39.8 Å². The molecule has 0 atom stereocenters. The molecule has 2 N–H and O–H groups in total. The zero-order chi connectivity index (χ0) is 19.7. The number of hydrogen-bond donors (Lipinski definition) is 2. The number of carbonyl (C=O) groups is 1. The van der Waals surface area contributed by atoms with E-state index in [4.69, 9.17) is 0 Å². The van der Waals surface area contributed by atoms with Crippen LogP contribution in [0.5, 0.6) is 0 Å². The number of nitrogens with zero attached hydrogens (tertiary/aromatic N) is 4. The number of nitrogens with one attached hydrogen (secondary N) is 2. The molecule has 3 heterocycles. The van der Waals surface area contributed by atoms with Crippen LogP contribution in [0.15, 0.2) is 23.1 Å². The van der Waals surface area contributed by atoms with E-state index in [0.717, 1.165) is 22.5 Å². The lowest BCUT2D eigenvalue weighted by molar-refractivity contribution is -0.116. The predicted molar refractivity (Wildman–Crippen MR) is 106 cm³/mol. The number of rotatable bonds is 5. The Labute approximate surface area is 157 Å². The van der Waals surface area contributed by atoms with E-state index in [1.54, 1.807) is 17.9 Å². The summed E-state index contributed by atoms with van der Waals surface area (Å²) in [6.45, 7) is 3.82. The van der Waals surface area contributed by atoms with Gasteiger partial charge in [0.05, 0.1) is 17.6 Å². The van der Waals surface area contributed by atoms with E-state index >= 15 is 0 Å². The molecule has 0 radical (unpaired) electrons. The predicted octanol–water partition coefficient (Wildman–Crippen LogP) is 1.91. The molecule has 3 aromatic heterocycles. The topological polar surface area (TPSA) is 95.9 Å². The number of aromatic nitrogens is 4. The Kier molecular flexibility index (Phi) is 4.98. The van der Waals surface area contributed by atoms with Crippen molar-refractivity contribution in [2.45, 2.75) is 26.7 Å². The van der Waals surface area contributed by atoms with Crippen molar-refractivity contribution in [3.63, 3.8) is 0 Å². The zero-order valence-corrected chi connectivity index (χ0v) is 16.3. The lowest BCUT2D eigenvalue weighted by Gasteiger charge is -2.12. The van der Waals surface area contributed by atoms with Crippen molar-refractivity contribution in [3.05, 3.63) is 45.5 Å². The number of hydrogen-bond acceptors (Lipinski definition) is 5. The van der Waals surface area contributed by atoms with E-state index < -0.39 is 0 Å². The molecule has 1 amide bonds. The molecule has 0 aliphatic heterocycles. The van der Waals surface area contributed by atoms with Crippen LogP contribution in [0.2, 0.25) is 0 Å². The normalized spacial score (nSPS) is 11.0. The van der Waals surface area contributed by atoms with Crippen LogP contribution in [-0.2, 0) is 18.3 Å². The maximum atomic E-state index is 12.4. The fraction of sp³-hybridized carbons (Fsp3) is 0.368. The van der Waals surface area contributed by atoms with Crippen LogP contribution >= 0.6 is 0 Å². The third-order valence-electron chi connectivity index (χ3n) is 4.65. The van der Waals surface area contributed by atoms with Gasteiger partial charge < -0.3 is 15.2 Å². The summed E-state index contributed by atoms with van der Waals surface area (Å²) in [5.41, 5.74) is 3.52. The van der Waals surface area contributed by atoms with Crippen molar-refractivity contribution in [2.24, 2.45) is 7.05 Å². The first-order chi connectivity index (χ1) is 12.8. The molecule has 8 heteroatoms. The first-order valence-corrected chi connectivity index (χ1v) is 8.76. The fourth-order valence-corrected chi connectivity index (χ4v) is 3.24. The quantitative estimate of drug-likeness (QED) is 0.717. The van der Waals surface area contributed by atoms with Gasteiger partial charge in [0.1, 0.15) is 11.5 Å². The minimum Gasteiger partial charge on any atom is -0.363 e. The smallest absolute Gasteiger partial charge is 0.253 e. The number of carbonyl (C=O) groups excluding carboxylic acids is 1. The van der Waals surface area contributed by atoms with E-state index in [1.165, 1.54) is 0 Å². The van der Waals surface area contributed by atoms with Crippen molar-refractivity contribution in [3.8, 4) is 0 Å². The average molecular weight is 368 g/mol. The van der Waals surface area contributed by atoms with Crippen molar-refractivity contribution in [2.75, 3.05) is 24.3 Å². The number of pyridine rings is 2. The summed E-state index contributed by atoms with van der Waals surface area (Å²) >= 11 is 0. The molecule has 3 rings (SSSR count). The summed E-state index contributed by atoms with van der Waals surface area (Å²) in [6.07, 6.45) is 2.20. The monoisotopic (exact) mass is 368 g/mol. The number of amides is 1. The van der Waals surface area contributed by atoms with E-state index in [0.29, 0.717) is 23.3 Å². The highest BCUT2D eigenvalue weighted by molar-refractivity contribution is 5.91. The van der Waals surface area contributed by atoms with Gasteiger partial charge in [-0.1, -0.05) is 0 Å². The number of anilines is 2. The van der Waals surface area contributed by atoms with E-state index in [1.807, 2.05) is 45.0 Å². The standard InChI is InChI=1S/C19H24N6O2/c1-11-14(19(27)22-18-17(11)12(2)23-25(18)5)7-9-16(26)21-13-6-8-15(20-10-13)24(3)4/h6,8,10H,7,9H2,1-5H3,(H,21,26)(H,22,27). The third-order valence-corrected chi connectivity index (χ3v) is 4.65. The number of H-pyrrole nitrogens is 1. The van der Waals surface area contributed by atoms with Gasteiger partial charge in [-0.2, -0.15) is 5.10 Å². The molecule has 3 aromatic rings. The summed E-state index contributed by atoms with van der Waals surface area (Å²) in [6, 6.07) is 3.65. The highest BCUT2D eigenvalue weighted by Gasteiger charge is 2.16. The fourth-order valence-electron chi connectivity index (χ4n) is 3.24. The van der Waals surface area contributed by atoms with Gasteiger partial charge in [0, 0.05) is 38.5 Å². The molecular formula is C19H24N6O2. The van der Waals surface area contributed by atoms with Gasteiger partial charge in [-0.15, -0.1) is 0 Å². The number of aromatic amines is 1. The van der Waals surface area contributed by atoms with Crippen molar-refractivity contribution in [1.82, 2.24) is 19.7 Å². The molecular weight excluding hydrogens is 344 g/mol. The first kappa shape index (κ1) is 18.6. The average Bonchev–Trinajstić information content (AvgIpc) is 2.89. The van der Waals surface area contributed by atoms with Gasteiger partial charge in [-0.25, -0.2) is 4.98 Å². The molecule has 0 fully saturated rings. The third kappa shape index (κ3) is 3.69. The Hall–Kier alpha value is -3.16. The van der Waals surface area contributed by atoms with Gasteiger partial charge in [-0.05, 0) is 38.0 Å². The van der Waals surface area contributed by atoms with Gasteiger partial charge in [0.2, 0.25) is 5.91 Å². The molecule has 27 heavy (non-hydrogen) atoms. The van der Waals surface area contributed by atoms with Crippen LogP contribution in [0.1, 0.15) is 23.2 Å². The molecule has 0 unspecified atom stereocenters. The number of aryl methyl sites for hydroxylation is 3. The van der Waals surface area contributed by atoms with Crippen LogP contribution in [0.4, 0.5) is 11.5 Å². The Morgan fingerprint density at radius 1 is 1.30 bits per heavy atom. The van der Waals surface area contributed by atoms with Crippen molar-refractivity contribution >= 4 is 28.4 Å². The van der Waals surface area contributed by atoms with Gasteiger partial charge in [-0.3, -0.25) is 14.3 Å². The second kappa shape index (κ2) is 7.22. The second-order valence-corrected chi connectivity index (χ2v) is 6.84. The zero-order valence-electron chi connectivity index (χ0n) is 16.3. The minimum atomic E-state index is -0.173. The summed E-state index contributed by atoms with van der Waals surface area (Å²) < 4.78 is 1.67. The van der Waals surface area contributed by atoms with Gasteiger partial charge >= 0.3 is 0 Å². The Morgan fingerprint density at radius 3 is 2.67 bits per heavy atom. The molecule has 0 saturated heterocycles. The molecule has 142 valence electrons. The largest absolute Gasteiger partial charge is 0.363 e. The van der Waals surface area contributed by atoms with E-state index in [-0.39, 0.29) is 17.9 Å². The molecule has 0 aliphatic rings. The van der Waals surface area contributed by atoms with Crippen molar-refractivity contribution < 1.29 is 4.79 Å². The summed E-state index contributed by atoms with van der Waals surface area (Å²) in [7, 11) is 5.61. The summed E-state index contributed by atoms with van der Waals surface area (Å²) in [5.74, 6) is 0.659. The van der Waals surface area contributed by atoms with Crippen LogP contribution in [0.3, 0.4) is 0 Å². The van der Waals surface area contributed by atoms with E-state index in [9.17, 15) is 9.59 Å². The van der Waals surface area contributed by atoms with Gasteiger partial charge in [0.25, 0.3) is 5.56 Å². The minimum absolute atomic E-state index is 0.156. The van der Waals surface area contributed by atoms with E-state index in [2.05, 4.69) is 20.4 Å². The maximum absolute atomic E-state index is 12.4. The lowest BCUT2D eigenvalue weighted by atomic mass is 10.0. The van der Waals surface area contributed by atoms with Crippen LogP contribution < -0.4 is 15.8 Å². The summed E-state index contributed by atoms with van der Waals surface area (Å²) in [5, 5.41) is 8.12.